The molecule has 2 aromatic heterocycles. The first kappa shape index (κ1) is 25.8. The number of carbonyl (C=O) groups is 2. The number of para-hydroxylation sites is 1. The van der Waals surface area contributed by atoms with Gasteiger partial charge in [-0.15, -0.1) is 0 Å². The number of hydrogen-bond donors (Lipinski definition) is 4. The number of hydrogen-bond acceptors (Lipinski definition) is 5. The van der Waals surface area contributed by atoms with Gasteiger partial charge in [0.05, 0.1) is 29.2 Å². The Morgan fingerprint density at radius 3 is 2.58 bits per heavy atom. The number of nitrogens with one attached hydrogen (secondary N) is 4. The first-order chi connectivity index (χ1) is 17.4. The molecule has 3 unspecified atom stereocenters. The molecule has 1 fully saturated rings. The molecule has 1 amide bonds. The molecular weight excluding hydrogens is 450 g/mol. The number of benzene rings is 1. The lowest BCUT2D eigenvalue weighted by atomic mass is 9.78. The van der Waals surface area contributed by atoms with Crippen molar-refractivity contribution in [3.8, 4) is 11.4 Å². The Morgan fingerprint density at radius 2 is 1.89 bits per heavy atom. The molecule has 4 rings (SSSR count). The quantitative estimate of drug-likeness (QED) is 0.302. The number of nitrogens with zero attached hydrogens (tertiary/aromatic N) is 1. The summed E-state index contributed by atoms with van der Waals surface area (Å²) in [5.74, 6) is -0.772. The van der Waals surface area contributed by atoms with Gasteiger partial charge in [-0.3, -0.25) is 14.6 Å². The van der Waals surface area contributed by atoms with E-state index in [1.54, 1.807) is 20.2 Å². The third-order valence-corrected chi connectivity index (χ3v) is 7.54. The Bertz CT molecular complexity index is 1190. The maximum absolute atomic E-state index is 13.8. The van der Waals surface area contributed by atoms with E-state index < -0.39 is 12.1 Å². The van der Waals surface area contributed by atoms with Gasteiger partial charge in [-0.1, -0.05) is 44.4 Å². The highest BCUT2D eigenvalue weighted by Gasteiger charge is 2.36. The van der Waals surface area contributed by atoms with E-state index in [4.69, 9.17) is 5.41 Å². The summed E-state index contributed by atoms with van der Waals surface area (Å²) in [6.45, 7) is 3.77. The monoisotopic (exact) mass is 487 g/mol. The molecule has 7 heteroatoms. The van der Waals surface area contributed by atoms with Crippen LogP contribution in [0.25, 0.3) is 22.3 Å². The SMILES string of the molecule is CCC(C(=N)C(=O)C(NC(=O)C(C)NC)C1CCCCC1)c1ccnc(-c2cc3ccccc3[nH]2)c1. The largest absolute Gasteiger partial charge is 0.353 e. The molecule has 1 aliphatic carbocycles. The number of rotatable bonds is 10. The number of aromatic nitrogens is 2. The average molecular weight is 488 g/mol. The minimum atomic E-state index is -0.662. The predicted octanol–water partition coefficient (Wildman–Crippen LogP) is 4.99. The minimum absolute atomic E-state index is 0.0549. The molecule has 0 saturated heterocycles. The van der Waals surface area contributed by atoms with Crippen LogP contribution in [-0.2, 0) is 9.59 Å². The van der Waals surface area contributed by atoms with Crippen molar-refractivity contribution in [1.82, 2.24) is 20.6 Å². The molecular formula is C29H37N5O2. The van der Waals surface area contributed by atoms with E-state index in [9.17, 15) is 9.59 Å². The fourth-order valence-corrected chi connectivity index (χ4v) is 5.24. The Morgan fingerprint density at radius 1 is 1.14 bits per heavy atom. The van der Waals surface area contributed by atoms with E-state index in [-0.39, 0.29) is 29.2 Å². The Balaban J connectivity index is 1.59. The second kappa shape index (κ2) is 11.6. The van der Waals surface area contributed by atoms with Crippen LogP contribution < -0.4 is 10.6 Å². The van der Waals surface area contributed by atoms with Crippen LogP contribution in [0.15, 0.2) is 48.7 Å². The summed E-state index contributed by atoms with van der Waals surface area (Å²) in [6, 6.07) is 12.9. The Hall–Kier alpha value is -3.32. The molecule has 36 heavy (non-hydrogen) atoms. The van der Waals surface area contributed by atoms with Crippen molar-refractivity contribution in [2.75, 3.05) is 7.05 Å². The summed E-state index contributed by atoms with van der Waals surface area (Å²) in [7, 11) is 1.73. The van der Waals surface area contributed by atoms with E-state index in [1.807, 2.05) is 37.3 Å². The zero-order chi connectivity index (χ0) is 25.7. The normalized spacial score (nSPS) is 16.9. The lowest BCUT2D eigenvalue weighted by molar-refractivity contribution is -0.127. The van der Waals surface area contributed by atoms with Gasteiger partial charge in [0.15, 0.2) is 5.78 Å². The van der Waals surface area contributed by atoms with Crippen molar-refractivity contribution in [1.29, 1.82) is 5.41 Å². The Labute approximate surface area is 213 Å². The fraction of sp³-hybridized carbons (Fsp3) is 0.448. The van der Waals surface area contributed by atoms with Crippen molar-refractivity contribution < 1.29 is 9.59 Å². The fourth-order valence-electron chi connectivity index (χ4n) is 5.24. The average Bonchev–Trinajstić information content (AvgIpc) is 3.36. The number of amides is 1. The summed E-state index contributed by atoms with van der Waals surface area (Å²) in [5.41, 5.74) is 3.66. The molecule has 0 aliphatic heterocycles. The predicted molar refractivity (Wildman–Crippen MR) is 144 cm³/mol. The molecule has 7 nitrogen and oxygen atoms in total. The molecule has 0 bridgehead atoms. The molecule has 2 heterocycles. The zero-order valence-corrected chi connectivity index (χ0v) is 21.4. The van der Waals surface area contributed by atoms with Crippen molar-refractivity contribution in [2.24, 2.45) is 5.92 Å². The highest BCUT2D eigenvalue weighted by Crippen LogP contribution is 2.31. The number of ketones is 1. The summed E-state index contributed by atoms with van der Waals surface area (Å²) >= 11 is 0. The van der Waals surface area contributed by atoms with Crippen LogP contribution >= 0.6 is 0 Å². The van der Waals surface area contributed by atoms with Crippen LogP contribution in [0.5, 0.6) is 0 Å². The van der Waals surface area contributed by atoms with Crippen LogP contribution in [0.4, 0.5) is 0 Å². The van der Waals surface area contributed by atoms with Crippen molar-refractivity contribution in [2.45, 2.75) is 70.4 Å². The number of pyridine rings is 1. The van der Waals surface area contributed by atoms with Gasteiger partial charge in [-0.05, 0) is 69.0 Å². The van der Waals surface area contributed by atoms with Gasteiger partial charge in [-0.25, -0.2) is 0 Å². The topological polar surface area (TPSA) is 111 Å². The van der Waals surface area contributed by atoms with Gasteiger partial charge in [0, 0.05) is 23.0 Å². The van der Waals surface area contributed by atoms with Gasteiger partial charge < -0.3 is 21.0 Å². The van der Waals surface area contributed by atoms with E-state index in [1.165, 1.54) is 0 Å². The second-order valence-corrected chi connectivity index (χ2v) is 9.88. The lowest BCUT2D eigenvalue weighted by Gasteiger charge is -2.32. The third kappa shape index (κ3) is 5.57. The first-order valence-electron chi connectivity index (χ1n) is 13.1. The molecule has 0 radical (unpaired) electrons. The molecule has 1 aromatic carbocycles. The van der Waals surface area contributed by atoms with Crippen molar-refractivity contribution >= 4 is 28.3 Å². The summed E-state index contributed by atoms with van der Waals surface area (Å²) < 4.78 is 0. The number of Topliss-reactive ketones (excluding diaryl/α,β-unsaturated/α-hetero) is 1. The smallest absolute Gasteiger partial charge is 0.237 e. The number of likely N-dealkylation sites (N-methyl/N-ethyl adjacent to an activating group) is 1. The van der Waals surface area contributed by atoms with Crippen LogP contribution in [0.1, 0.15) is 63.9 Å². The highest BCUT2D eigenvalue weighted by atomic mass is 16.2. The van der Waals surface area contributed by atoms with Gasteiger partial charge in [0.2, 0.25) is 5.91 Å². The standard InChI is InChI=1S/C29H37N5O2/c1-4-22(20-14-15-32-24(16-20)25-17-21-12-8-9-13-23(21)33-25)26(30)28(35)27(19-10-6-5-7-11-19)34-29(36)18(2)31-3/h8-9,12-19,22,27,30-31,33H,4-7,10-11H2,1-3H3,(H,34,36). The number of carbonyl (C=O) groups excluding carboxylic acids is 2. The second-order valence-electron chi connectivity index (χ2n) is 9.88. The molecule has 3 aromatic rings. The zero-order valence-electron chi connectivity index (χ0n) is 21.4. The van der Waals surface area contributed by atoms with Gasteiger partial charge in [0.25, 0.3) is 0 Å². The van der Waals surface area contributed by atoms with E-state index in [0.29, 0.717) is 6.42 Å². The maximum atomic E-state index is 13.8. The van der Waals surface area contributed by atoms with E-state index in [0.717, 1.165) is 60.0 Å². The third-order valence-electron chi connectivity index (χ3n) is 7.54. The molecule has 1 aliphatic rings. The van der Waals surface area contributed by atoms with Crippen molar-refractivity contribution in [3.05, 3.63) is 54.2 Å². The molecule has 0 spiro atoms. The lowest BCUT2D eigenvalue weighted by Crippen LogP contribution is -2.53. The van der Waals surface area contributed by atoms with Gasteiger partial charge >= 0.3 is 0 Å². The number of aromatic amines is 1. The van der Waals surface area contributed by atoms with Crippen molar-refractivity contribution in [3.63, 3.8) is 0 Å². The molecule has 1 saturated carbocycles. The van der Waals surface area contributed by atoms with E-state index in [2.05, 4.69) is 32.7 Å². The maximum Gasteiger partial charge on any atom is 0.237 e. The first-order valence-corrected chi connectivity index (χ1v) is 13.1. The minimum Gasteiger partial charge on any atom is -0.353 e. The highest BCUT2D eigenvalue weighted by molar-refractivity contribution is 6.42. The summed E-state index contributed by atoms with van der Waals surface area (Å²) in [4.78, 5) is 34.4. The molecule has 3 atom stereocenters. The summed E-state index contributed by atoms with van der Waals surface area (Å²) in [5, 5.41) is 16.0. The van der Waals surface area contributed by atoms with E-state index >= 15 is 0 Å². The summed E-state index contributed by atoms with van der Waals surface area (Å²) in [6.07, 6.45) is 7.40. The van der Waals surface area contributed by atoms with Crippen LogP contribution in [0, 0.1) is 11.3 Å². The molecule has 4 N–H and O–H groups in total. The molecule has 190 valence electrons. The van der Waals surface area contributed by atoms with Crippen LogP contribution in [0.3, 0.4) is 0 Å². The van der Waals surface area contributed by atoms with Gasteiger partial charge in [-0.2, -0.15) is 0 Å². The van der Waals surface area contributed by atoms with Gasteiger partial charge in [0.1, 0.15) is 0 Å². The number of H-pyrrole nitrogens is 1. The van der Waals surface area contributed by atoms with Crippen LogP contribution in [-0.4, -0.2) is 46.5 Å². The van der Waals surface area contributed by atoms with Crippen LogP contribution in [0.2, 0.25) is 0 Å². The Kier molecular flexibility index (Phi) is 8.31. The number of fused-ring (bicyclic) bond motifs is 1.